The molecule has 0 saturated heterocycles. The smallest absolute Gasteiger partial charge is 0.159 e. The van der Waals surface area contributed by atoms with Gasteiger partial charge < -0.3 is 9.84 Å². The van der Waals surface area contributed by atoms with Crippen molar-refractivity contribution in [2.75, 3.05) is 7.11 Å². The van der Waals surface area contributed by atoms with Crippen LogP contribution in [0.25, 0.3) is 0 Å². The fourth-order valence-electron chi connectivity index (χ4n) is 0.722. The standard InChI is InChI=1S/C9H16O3.Ti/c1-4-5-8(10)6-9(11)7(2)12-3;/h6-7,11H,4-5H2,1-3H3;/b9-6-;. The van der Waals surface area contributed by atoms with Crippen LogP contribution < -0.4 is 0 Å². The Hall–Kier alpha value is -0.116. The van der Waals surface area contributed by atoms with Gasteiger partial charge in [-0.05, 0) is 13.3 Å². The minimum atomic E-state index is -0.397. The average molecular weight is 220 g/mol. The van der Waals surface area contributed by atoms with Crippen molar-refractivity contribution in [3.05, 3.63) is 11.8 Å². The summed E-state index contributed by atoms with van der Waals surface area (Å²) in [5.41, 5.74) is 0. The number of hydrogen-bond donors (Lipinski definition) is 1. The van der Waals surface area contributed by atoms with Gasteiger partial charge in [0.2, 0.25) is 0 Å². The number of allylic oxidation sites excluding steroid dienone is 1. The number of aliphatic hydroxyl groups is 1. The predicted molar refractivity (Wildman–Crippen MR) is 47.1 cm³/mol. The van der Waals surface area contributed by atoms with Crippen molar-refractivity contribution in [2.24, 2.45) is 0 Å². The van der Waals surface area contributed by atoms with E-state index in [0.29, 0.717) is 6.42 Å². The van der Waals surface area contributed by atoms with E-state index in [4.69, 9.17) is 4.74 Å². The molecule has 13 heavy (non-hydrogen) atoms. The molecular weight excluding hydrogens is 204 g/mol. The summed E-state index contributed by atoms with van der Waals surface area (Å²) in [6.45, 7) is 3.60. The quantitative estimate of drug-likeness (QED) is 0.436. The Morgan fingerprint density at radius 3 is 2.54 bits per heavy atom. The van der Waals surface area contributed by atoms with Crippen LogP contribution in [0.1, 0.15) is 26.7 Å². The van der Waals surface area contributed by atoms with E-state index >= 15 is 0 Å². The molecule has 4 heteroatoms. The van der Waals surface area contributed by atoms with Gasteiger partial charge in [0.05, 0.1) is 0 Å². The van der Waals surface area contributed by atoms with Gasteiger partial charge in [0, 0.05) is 41.3 Å². The summed E-state index contributed by atoms with van der Waals surface area (Å²) < 4.78 is 4.82. The molecule has 0 aromatic carbocycles. The van der Waals surface area contributed by atoms with E-state index in [-0.39, 0.29) is 33.3 Å². The van der Waals surface area contributed by atoms with Crippen molar-refractivity contribution < 1.29 is 36.4 Å². The van der Waals surface area contributed by atoms with Gasteiger partial charge in [0.15, 0.2) is 5.78 Å². The van der Waals surface area contributed by atoms with Crippen molar-refractivity contribution in [2.45, 2.75) is 32.8 Å². The summed E-state index contributed by atoms with van der Waals surface area (Å²) in [6.07, 6.45) is 2.10. The SMILES string of the molecule is CCCC(=O)/C=C(\O)C(C)OC.[Ti]. The molecule has 0 fully saturated rings. The van der Waals surface area contributed by atoms with E-state index < -0.39 is 6.10 Å². The summed E-state index contributed by atoms with van der Waals surface area (Å²) >= 11 is 0. The first-order valence-electron chi connectivity index (χ1n) is 4.08. The largest absolute Gasteiger partial charge is 0.509 e. The molecule has 1 N–H and O–H groups in total. The second-order valence-corrected chi connectivity index (χ2v) is 2.66. The van der Waals surface area contributed by atoms with Gasteiger partial charge in [0.25, 0.3) is 0 Å². The number of aliphatic hydroxyl groups excluding tert-OH is 1. The minimum Gasteiger partial charge on any atom is -0.509 e. The van der Waals surface area contributed by atoms with Crippen LogP contribution in [0.15, 0.2) is 11.8 Å². The molecular formula is C9H16O3Ti. The second kappa shape index (κ2) is 8.48. The van der Waals surface area contributed by atoms with Gasteiger partial charge >= 0.3 is 0 Å². The predicted octanol–water partition coefficient (Wildman–Crippen LogP) is 1.83. The van der Waals surface area contributed by atoms with Crippen LogP contribution in [0, 0.1) is 0 Å². The second-order valence-electron chi connectivity index (χ2n) is 2.66. The van der Waals surface area contributed by atoms with E-state index in [1.165, 1.54) is 13.2 Å². The third kappa shape index (κ3) is 6.99. The van der Waals surface area contributed by atoms with Crippen molar-refractivity contribution in [3.8, 4) is 0 Å². The summed E-state index contributed by atoms with van der Waals surface area (Å²) in [5, 5.41) is 9.23. The van der Waals surface area contributed by atoms with E-state index in [1.807, 2.05) is 6.92 Å². The third-order valence-electron chi connectivity index (χ3n) is 1.58. The molecule has 0 heterocycles. The number of ketones is 1. The first-order chi connectivity index (χ1) is 5.61. The van der Waals surface area contributed by atoms with Crippen LogP contribution in [0.5, 0.6) is 0 Å². The molecule has 74 valence electrons. The van der Waals surface area contributed by atoms with Gasteiger partial charge in [-0.25, -0.2) is 0 Å². The number of rotatable bonds is 5. The van der Waals surface area contributed by atoms with E-state index in [0.717, 1.165) is 6.42 Å². The Balaban J connectivity index is 0. The molecule has 0 aromatic rings. The normalized spacial score (nSPS) is 13.3. The molecule has 0 amide bonds. The van der Waals surface area contributed by atoms with Crippen molar-refractivity contribution >= 4 is 5.78 Å². The molecule has 0 spiro atoms. The van der Waals surface area contributed by atoms with Crippen LogP contribution in [-0.2, 0) is 31.2 Å². The van der Waals surface area contributed by atoms with E-state index in [1.54, 1.807) is 6.92 Å². The topological polar surface area (TPSA) is 46.5 Å². The maximum absolute atomic E-state index is 11.0. The zero-order valence-electron chi connectivity index (χ0n) is 8.33. The fourth-order valence-corrected chi connectivity index (χ4v) is 0.722. The summed E-state index contributed by atoms with van der Waals surface area (Å²) in [5.74, 6) is -0.0603. The monoisotopic (exact) mass is 220 g/mol. The van der Waals surface area contributed by atoms with Crippen LogP contribution in [0.4, 0.5) is 0 Å². The molecule has 0 aliphatic heterocycles. The van der Waals surface area contributed by atoms with E-state index in [9.17, 15) is 9.90 Å². The van der Waals surface area contributed by atoms with Crippen LogP contribution >= 0.6 is 0 Å². The van der Waals surface area contributed by atoms with Gasteiger partial charge in [-0.1, -0.05) is 6.92 Å². The molecule has 0 aliphatic carbocycles. The summed E-state index contributed by atoms with van der Waals surface area (Å²) in [4.78, 5) is 11.0. The van der Waals surface area contributed by atoms with Gasteiger partial charge in [-0.15, -0.1) is 0 Å². The van der Waals surface area contributed by atoms with Crippen molar-refractivity contribution in [1.82, 2.24) is 0 Å². The number of ether oxygens (including phenoxy) is 1. The zero-order valence-corrected chi connectivity index (χ0v) is 9.89. The molecule has 3 nitrogen and oxygen atoms in total. The average Bonchev–Trinajstić information content (AvgIpc) is 2.03. The number of methoxy groups -OCH3 is 1. The Bertz CT molecular complexity index is 178. The van der Waals surface area contributed by atoms with Gasteiger partial charge in [-0.2, -0.15) is 0 Å². The summed E-state index contributed by atoms with van der Waals surface area (Å²) in [7, 11) is 1.49. The Labute approximate surface area is 94.0 Å². The molecule has 1 atom stereocenters. The Kier molecular flexibility index (Phi) is 10.0. The Morgan fingerprint density at radius 1 is 1.62 bits per heavy atom. The molecule has 1 unspecified atom stereocenters. The maximum Gasteiger partial charge on any atom is 0.159 e. The molecule has 0 bridgehead atoms. The first-order valence-corrected chi connectivity index (χ1v) is 4.08. The molecule has 0 aromatic heterocycles. The third-order valence-corrected chi connectivity index (χ3v) is 1.58. The van der Waals surface area contributed by atoms with Crippen LogP contribution in [0.2, 0.25) is 0 Å². The van der Waals surface area contributed by atoms with Crippen LogP contribution in [0.3, 0.4) is 0 Å². The number of carbonyl (C=O) groups excluding carboxylic acids is 1. The van der Waals surface area contributed by atoms with Crippen LogP contribution in [-0.4, -0.2) is 24.1 Å². The molecule has 0 radical (unpaired) electrons. The van der Waals surface area contributed by atoms with Gasteiger partial charge in [0.1, 0.15) is 11.9 Å². The minimum absolute atomic E-state index is 0. The van der Waals surface area contributed by atoms with Gasteiger partial charge in [-0.3, -0.25) is 4.79 Å². The fraction of sp³-hybridized carbons (Fsp3) is 0.667. The Morgan fingerprint density at radius 2 is 2.15 bits per heavy atom. The van der Waals surface area contributed by atoms with Crippen molar-refractivity contribution in [3.63, 3.8) is 0 Å². The maximum atomic E-state index is 11.0. The van der Waals surface area contributed by atoms with Crippen molar-refractivity contribution in [1.29, 1.82) is 0 Å². The molecule has 0 rings (SSSR count). The molecule has 0 saturated carbocycles. The molecule has 0 aliphatic rings. The number of carbonyl (C=O) groups is 1. The zero-order chi connectivity index (χ0) is 9.56. The first kappa shape index (κ1) is 15.4. The number of hydrogen-bond acceptors (Lipinski definition) is 3. The summed E-state index contributed by atoms with van der Waals surface area (Å²) in [6, 6.07) is 0. The van der Waals surface area contributed by atoms with E-state index in [2.05, 4.69) is 0 Å².